The Hall–Kier alpha value is -3.27. The number of carbonyl (C=O) groups excluding carboxylic acids is 2. The van der Waals surface area contributed by atoms with Crippen LogP contribution in [0, 0.1) is 6.92 Å². The molecule has 0 aliphatic rings. The normalized spacial score (nSPS) is 12.1. The van der Waals surface area contributed by atoms with Crippen LogP contribution < -0.4 is 14.4 Å². The van der Waals surface area contributed by atoms with Crippen LogP contribution in [0.2, 0.25) is 10.0 Å². The molecule has 0 aromatic heterocycles. The minimum atomic E-state index is -4.19. The third-order valence-corrected chi connectivity index (χ3v) is 8.93. The van der Waals surface area contributed by atoms with Crippen LogP contribution in [-0.2, 0) is 26.2 Å². The molecule has 0 aliphatic heterocycles. The van der Waals surface area contributed by atoms with E-state index in [1.165, 1.54) is 24.1 Å². The van der Waals surface area contributed by atoms with Gasteiger partial charge in [0, 0.05) is 12.6 Å². The molecule has 1 unspecified atom stereocenters. The van der Waals surface area contributed by atoms with Crippen molar-refractivity contribution in [2.75, 3.05) is 18.0 Å². The standard InChI is InChI=1S/C30H35Cl2N3O5S/c1-6-28(30(37)33-20(2)3)34(18-22-9-16-26(31)27(32)17-22)29(36)19-35(23-10-7-21(4)8-11-23)41(38,39)25-14-12-24(40-5)13-15-25/h7-17,20,28H,6,18-19H2,1-5H3,(H,33,37). The Balaban J connectivity index is 2.07. The fourth-order valence-electron chi connectivity index (χ4n) is 4.25. The molecule has 1 atom stereocenters. The van der Waals surface area contributed by atoms with Gasteiger partial charge in [-0.05, 0) is 81.3 Å². The number of anilines is 1. The predicted molar refractivity (Wildman–Crippen MR) is 163 cm³/mol. The number of nitrogens with zero attached hydrogens (tertiary/aromatic N) is 2. The first kappa shape index (κ1) is 32.2. The van der Waals surface area contributed by atoms with Crippen LogP contribution in [0.25, 0.3) is 0 Å². The number of carbonyl (C=O) groups is 2. The Kier molecular flexibility index (Phi) is 11.1. The molecule has 0 radical (unpaired) electrons. The molecule has 8 nitrogen and oxygen atoms in total. The van der Waals surface area contributed by atoms with Gasteiger partial charge >= 0.3 is 0 Å². The van der Waals surface area contributed by atoms with Gasteiger partial charge in [-0.1, -0.05) is 53.9 Å². The molecular formula is C30H35Cl2N3O5S. The lowest BCUT2D eigenvalue weighted by Crippen LogP contribution is -2.53. The number of hydrogen-bond acceptors (Lipinski definition) is 5. The van der Waals surface area contributed by atoms with Crippen molar-refractivity contribution in [3.8, 4) is 5.75 Å². The van der Waals surface area contributed by atoms with Crippen LogP contribution in [0.5, 0.6) is 5.75 Å². The summed E-state index contributed by atoms with van der Waals surface area (Å²) < 4.78 is 34.1. The number of sulfonamides is 1. The monoisotopic (exact) mass is 619 g/mol. The third kappa shape index (κ3) is 8.15. The first-order valence-corrected chi connectivity index (χ1v) is 15.3. The van der Waals surface area contributed by atoms with Gasteiger partial charge in [0.15, 0.2) is 0 Å². The Morgan fingerprint density at radius 3 is 2.12 bits per heavy atom. The van der Waals surface area contributed by atoms with Gasteiger partial charge in [-0.2, -0.15) is 0 Å². The number of benzene rings is 3. The number of nitrogens with one attached hydrogen (secondary N) is 1. The Morgan fingerprint density at radius 2 is 1.59 bits per heavy atom. The molecule has 1 N–H and O–H groups in total. The average molecular weight is 621 g/mol. The van der Waals surface area contributed by atoms with Crippen molar-refractivity contribution >= 4 is 50.7 Å². The lowest BCUT2D eigenvalue weighted by molar-refractivity contribution is -0.140. The molecule has 3 aromatic carbocycles. The second-order valence-corrected chi connectivity index (χ2v) is 12.6. The van der Waals surface area contributed by atoms with Gasteiger partial charge in [0.2, 0.25) is 11.8 Å². The quantitative estimate of drug-likeness (QED) is 0.275. The molecule has 3 rings (SSSR count). The van der Waals surface area contributed by atoms with E-state index in [2.05, 4.69) is 5.32 Å². The molecule has 0 aliphatic carbocycles. The summed E-state index contributed by atoms with van der Waals surface area (Å²) in [6, 6.07) is 16.7. The molecule has 0 fully saturated rings. The summed E-state index contributed by atoms with van der Waals surface area (Å²) in [5.74, 6) is -0.396. The lowest BCUT2D eigenvalue weighted by atomic mass is 10.1. The van der Waals surface area contributed by atoms with E-state index in [9.17, 15) is 18.0 Å². The number of amides is 2. The number of aryl methyl sites for hydroxylation is 1. The molecule has 0 spiro atoms. The van der Waals surface area contributed by atoms with Crippen molar-refractivity contribution in [2.45, 2.75) is 57.6 Å². The minimum Gasteiger partial charge on any atom is -0.497 e. The second kappa shape index (κ2) is 14.1. The molecule has 0 bridgehead atoms. The van der Waals surface area contributed by atoms with E-state index in [0.29, 0.717) is 33.5 Å². The summed E-state index contributed by atoms with van der Waals surface area (Å²) in [5.41, 5.74) is 1.89. The second-order valence-electron chi connectivity index (χ2n) is 9.88. The Morgan fingerprint density at radius 1 is 0.951 bits per heavy atom. The van der Waals surface area contributed by atoms with Crippen LogP contribution in [0.3, 0.4) is 0 Å². The van der Waals surface area contributed by atoms with Crippen LogP contribution in [0.1, 0.15) is 38.3 Å². The van der Waals surface area contributed by atoms with E-state index in [0.717, 1.165) is 9.87 Å². The first-order chi connectivity index (χ1) is 19.4. The highest BCUT2D eigenvalue weighted by Crippen LogP contribution is 2.27. The van der Waals surface area contributed by atoms with Gasteiger partial charge in [-0.25, -0.2) is 8.42 Å². The van der Waals surface area contributed by atoms with Crippen LogP contribution >= 0.6 is 23.2 Å². The largest absolute Gasteiger partial charge is 0.497 e. The summed E-state index contributed by atoms with van der Waals surface area (Å²) in [5, 5.41) is 3.53. The fourth-order valence-corrected chi connectivity index (χ4v) is 5.98. The zero-order valence-electron chi connectivity index (χ0n) is 23.7. The van der Waals surface area contributed by atoms with E-state index in [1.54, 1.807) is 61.5 Å². The highest BCUT2D eigenvalue weighted by atomic mass is 35.5. The van der Waals surface area contributed by atoms with Crippen molar-refractivity contribution in [2.24, 2.45) is 0 Å². The van der Waals surface area contributed by atoms with Gasteiger partial charge < -0.3 is 15.0 Å². The van der Waals surface area contributed by atoms with E-state index >= 15 is 0 Å². The van der Waals surface area contributed by atoms with Gasteiger partial charge in [0.1, 0.15) is 18.3 Å². The molecule has 41 heavy (non-hydrogen) atoms. The van der Waals surface area contributed by atoms with Crippen LogP contribution in [-0.4, -0.2) is 50.9 Å². The van der Waals surface area contributed by atoms with E-state index < -0.39 is 28.5 Å². The molecule has 2 amide bonds. The molecule has 11 heteroatoms. The highest BCUT2D eigenvalue weighted by molar-refractivity contribution is 7.92. The SMILES string of the molecule is CCC(C(=O)NC(C)C)N(Cc1ccc(Cl)c(Cl)c1)C(=O)CN(c1ccc(C)cc1)S(=O)(=O)c1ccc(OC)cc1. The average Bonchev–Trinajstić information content (AvgIpc) is 2.93. The summed E-state index contributed by atoms with van der Waals surface area (Å²) >= 11 is 12.3. The van der Waals surface area contributed by atoms with Crippen LogP contribution in [0.4, 0.5) is 5.69 Å². The molecule has 0 saturated carbocycles. The molecule has 0 heterocycles. The summed E-state index contributed by atoms with van der Waals surface area (Å²) in [4.78, 5) is 28.7. The van der Waals surface area contributed by atoms with Crippen molar-refractivity contribution in [3.63, 3.8) is 0 Å². The number of ether oxygens (including phenoxy) is 1. The number of rotatable bonds is 12. The van der Waals surface area contributed by atoms with Crippen molar-refractivity contribution in [1.82, 2.24) is 10.2 Å². The van der Waals surface area contributed by atoms with Crippen molar-refractivity contribution in [1.29, 1.82) is 0 Å². The number of hydrogen-bond donors (Lipinski definition) is 1. The molecule has 3 aromatic rings. The van der Waals surface area contributed by atoms with E-state index in [4.69, 9.17) is 27.9 Å². The zero-order chi connectivity index (χ0) is 30.3. The van der Waals surface area contributed by atoms with Gasteiger partial charge in [0.25, 0.3) is 10.0 Å². The number of halogens is 2. The first-order valence-electron chi connectivity index (χ1n) is 13.1. The van der Waals surface area contributed by atoms with Gasteiger partial charge in [-0.15, -0.1) is 0 Å². The maximum absolute atomic E-state index is 14.1. The molecule has 0 saturated heterocycles. The summed E-state index contributed by atoms with van der Waals surface area (Å²) in [6.45, 7) is 6.82. The summed E-state index contributed by atoms with van der Waals surface area (Å²) in [7, 11) is -2.70. The van der Waals surface area contributed by atoms with Gasteiger partial charge in [-0.3, -0.25) is 13.9 Å². The van der Waals surface area contributed by atoms with Crippen LogP contribution in [0.15, 0.2) is 71.6 Å². The topological polar surface area (TPSA) is 96.0 Å². The highest BCUT2D eigenvalue weighted by Gasteiger charge is 2.34. The molecular weight excluding hydrogens is 585 g/mol. The molecule has 220 valence electrons. The van der Waals surface area contributed by atoms with E-state index in [-0.39, 0.29) is 23.4 Å². The fraction of sp³-hybridized carbons (Fsp3) is 0.333. The maximum atomic E-state index is 14.1. The minimum absolute atomic E-state index is 0.00713. The van der Waals surface area contributed by atoms with Crippen molar-refractivity contribution < 1.29 is 22.7 Å². The number of methoxy groups -OCH3 is 1. The summed E-state index contributed by atoms with van der Waals surface area (Å²) in [6.07, 6.45) is 0.307. The lowest BCUT2D eigenvalue weighted by Gasteiger charge is -2.33. The maximum Gasteiger partial charge on any atom is 0.264 e. The van der Waals surface area contributed by atoms with Gasteiger partial charge in [0.05, 0.1) is 27.7 Å². The van der Waals surface area contributed by atoms with E-state index in [1.807, 2.05) is 20.8 Å². The predicted octanol–water partition coefficient (Wildman–Crippen LogP) is 5.84. The zero-order valence-corrected chi connectivity index (χ0v) is 26.1. The Labute approximate surface area is 252 Å². The smallest absolute Gasteiger partial charge is 0.264 e. The Bertz CT molecular complexity index is 1460. The van der Waals surface area contributed by atoms with Crippen molar-refractivity contribution in [3.05, 3.63) is 87.9 Å². The third-order valence-electron chi connectivity index (χ3n) is 6.40.